The van der Waals surface area contributed by atoms with Crippen LogP contribution in [0.2, 0.25) is 0 Å². The molecule has 3 aliphatic rings. The number of hydrogen-bond donors (Lipinski definition) is 1. The highest BCUT2D eigenvalue weighted by molar-refractivity contribution is 7.89. The Hall–Kier alpha value is -1.82. The van der Waals surface area contributed by atoms with Gasteiger partial charge in [0.05, 0.1) is 23.1 Å². The quantitative estimate of drug-likeness (QED) is 0.775. The average molecular weight is 421 g/mol. The molecule has 3 fully saturated rings. The van der Waals surface area contributed by atoms with E-state index in [1.165, 1.54) is 4.68 Å². The number of nitrogens with one attached hydrogen (secondary N) is 1. The molecule has 2 amide bonds. The summed E-state index contributed by atoms with van der Waals surface area (Å²) in [4.78, 5) is 16.0. The minimum atomic E-state index is -4.39. The van der Waals surface area contributed by atoms with E-state index in [0.717, 1.165) is 12.4 Å². The number of nitrogens with zero attached hydrogens (tertiary/aromatic N) is 4. The van der Waals surface area contributed by atoms with Crippen molar-refractivity contribution in [2.45, 2.75) is 37.5 Å². The maximum Gasteiger partial charge on any atom is 0.419 e. The molecular weight excluding hydrogens is 399 g/mol. The van der Waals surface area contributed by atoms with Gasteiger partial charge in [0.15, 0.2) is 0 Å². The second kappa shape index (κ2) is 6.61. The van der Waals surface area contributed by atoms with Crippen LogP contribution in [0.4, 0.5) is 18.0 Å². The largest absolute Gasteiger partial charge is 0.419 e. The molecule has 3 aliphatic heterocycles. The third-order valence-electron chi connectivity index (χ3n) is 5.77. The molecule has 156 valence electrons. The summed E-state index contributed by atoms with van der Waals surface area (Å²) in [5.74, 6) is 0.263. The van der Waals surface area contributed by atoms with Gasteiger partial charge in [-0.25, -0.2) is 17.9 Å². The Labute approximate surface area is 160 Å². The van der Waals surface area contributed by atoms with Gasteiger partial charge in [0, 0.05) is 38.9 Å². The van der Waals surface area contributed by atoms with Crippen molar-refractivity contribution >= 4 is 16.1 Å². The summed E-state index contributed by atoms with van der Waals surface area (Å²) < 4.78 is 65.0. The predicted octanol–water partition coefficient (Wildman–Crippen LogP) is 1.11. The van der Waals surface area contributed by atoms with Crippen molar-refractivity contribution in [1.82, 2.24) is 24.3 Å². The molecule has 0 aromatic carbocycles. The molecule has 0 aliphatic carbocycles. The average Bonchev–Trinajstić information content (AvgIpc) is 3.17. The van der Waals surface area contributed by atoms with Crippen molar-refractivity contribution in [2.75, 3.05) is 31.9 Å². The number of carbonyl (C=O) groups excluding carboxylic acids is 1. The maximum absolute atomic E-state index is 12.6. The van der Waals surface area contributed by atoms with Gasteiger partial charge in [0.2, 0.25) is 10.0 Å². The first-order valence-electron chi connectivity index (χ1n) is 9.20. The van der Waals surface area contributed by atoms with Crippen LogP contribution in [0.3, 0.4) is 0 Å². The molecule has 3 saturated heterocycles. The van der Waals surface area contributed by atoms with Gasteiger partial charge >= 0.3 is 12.2 Å². The van der Waals surface area contributed by atoms with Crippen LogP contribution < -0.4 is 4.72 Å². The first-order valence-corrected chi connectivity index (χ1v) is 10.9. The lowest BCUT2D eigenvalue weighted by atomic mass is 9.88. The van der Waals surface area contributed by atoms with Crippen molar-refractivity contribution in [3.8, 4) is 0 Å². The van der Waals surface area contributed by atoms with E-state index < -0.39 is 27.3 Å². The fraction of sp³-hybridized carbons (Fsp3) is 0.750. The molecular formula is C16H22F3N5O3S. The Morgan fingerprint density at radius 3 is 2.46 bits per heavy atom. The number of amides is 2. The number of likely N-dealkylation sites (tertiary alicyclic amines) is 2. The van der Waals surface area contributed by atoms with Crippen LogP contribution >= 0.6 is 0 Å². The molecule has 4 rings (SSSR count). The number of piperidine rings is 1. The summed E-state index contributed by atoms with van der Waals surface area (Å²) in [6.45, 7) is 2.24. The van der Waals surface area contributed by atoms with Gasteiger partial charge < -0.3 is 9.80 Å². The Morgan fingerprint density at radius 2 is 1.93 bits per heavy atom. The minimum Gasteiger partial charge on any atom is -0.325 e. The van der Waals surface area contributed by atoms with E-state index in [-0.39, 0.29) is 17.7 Å². The van der Waals surface area contributed by atoms with E-state index in [1.807, 2.05) is 0 Å². The second-order valence-corrected chi connectivity index (χ2v) is 9.81. The van der Waals surface area contributed by atoms with E-state index in [2.05, 4.69) is 9.82 Å². The second-order valence-electron chi connectivity index (χ2n) is 7.97. The van der Waals surface area contributed by atoms with Crippen LogP contribution in [-0.2, 0) is 22.7 Å². The maximum atomic E-state index is 12.6. The van der Waals surface area contributed by atoms with E-state index in [4.69, 9.17) is 0 Å². The van der Waals surface area contributed by atoms with Crippen LogP contribution in [0.25, 0.3) is 0 Å². The summed E-state index contributed by atoms with van der Waals surface area (Å²) in [6.07, 6.45) is -0.645. The van der Waals surface area contributed by atoms with Crippen LogP contribution in [0, 0.1) is 5.92 Å². The van der Waals surface area contributed by atoms with Gasteiger partial charge in [0.25, 0.3) is 0 Å². The van der Waals surface area contributed by atoms with Crippen molar-refractivity contribution in [3.63, 3.8) is 0 Å². The van der Waals surface area contributed by atoms with Crippen LogP contribution in [-0.4, -0.2) is 71.5 Å². The number of carbonyl (C=O) groups is 1. The molecule has 12 heteroatoms. The number of aromatic nitrogens is 2. The van der Waals surface area contributed by atoms with E-state index >= 15 is 0 Å². The fourth-order valence-corrected chi connectivity index (χ4v) is 5.84. The molecule has 1 spiro atoms. The van der Waals surface area contributed by atoms with Crippen molar-refractivity contribution in [2.24, 2.45) is 5.92 Å². The zero-order valence-corrected chi connectivity index (χ0v) is 16.0. The smallest absolute Gasteiger partial charge is 0.325 e. The van der Waals surface area contributed by atoms with Crippen molar-refractivity contribution < 1.29 is 26.4 Å². The van der Waals surface area contributed by atoms with Crippen LogP contribution in [0.1, 0.15) is 24.8 Å². The number of urea groups is 1. The molecule has 8 nitrogen and oxygen atoms in total. The van der Waals surface area contributed by atoms with E-state index in [0.29, 0.717) is 52.0 Å². The number of rotatable bonds is 2. The number of alkyl halides is 3. The monoisotopic (exact) mass is 421 g/mol. The van der Waals surface area contributed by atoms with Gasteiger partial charge in [-0.05, 0) is 25.2 Å². The molecule has 0 radical (unpaired) electrons. The molecule has 1 aromatic heterocycles. The Balaban J connectivity index is 1.25. The fourth-order valence-electron chi connectivity index (χ4n) is 4.19. The van der Waals surface area contributed by atoms with Gasteiger partial charge in [-0.1, -0.05) is 0 Å². The predicted molar refractivity (Wildman–Crippen MR) is 92.8 cm³/mol. The molecule has 0 atom stereocenters. The third kappa shape index (κ3) is 3.84. The molecule has 0 saturated carbocycles. The summed E-state index contributed by atoms with van der Waals surface area (Å²) in [5.41, 5.74) is -1.25. The highest BCUT2D eigenvalue weighted by Crippen LogP contribution is 2.32. The minimum absolute atomic E-state index is 0.101. The Morgan fingerprint density at radius 1 is 1.25 bits per heavy atom. The van der Waals surface area contributed by atoms with Crippen LogP contribution in [0.15, 0.2) is 12.4 Å². The summed E-state index contributed by atoms with van der Waals surface area (Å²) in [6, 6.07) is -0.103. The number of hydrogen-bond acceptors (Lipinski definition) is 4. The van der Waals surface area contributed by atoms with Crippen molar-refractivity contribution in [1.29, 1.82) is 0 Å². The van der Waals surface area contributed by atoms with E-state index in [1.54, 1.807) is 9.80 Å². The summed E-state index contributed by atoms with van der Waals surface area (Å²) >= 11 is 0. The van der Waals surface area contributed by atoms with Gasteiger partial charge in [0.1, 0.15) is 0 Å². The molecule has 28 heavy (non-hydrogen) atoms. The lowest BCUT2D eigenvalue weighted by Gasteiger charge is -2.49. The third-order valence-corrected chi connectivity index (χ3v) is 7.26. The summed E-state index contributed by atoms with van der Waals surface area (Å²) in [5, 5.41) is 3.79. The Kier molecular flexibility index (Phi) is 4.60. The zero-order valence-electron chi connectivity index (χ0n) is 15.2. The van der Waals surface area contributed by atoms with Gasteiger partial charge in [-0.2, -0.15) is 18.3 Å². The van der Waals surface area contributed by atoms with Crippen molar-refractivity contribution in [3.05, 3.63) is 18.0 Å². The van der Waals surface area contributed by atoms with Gasteiger partial charge in [-0.3, -0.25) is 4.68 Å². The first kappa shape index (κ1) is 19.5. The normalized spacial score (nSPS) is 24.5. The first-order chi connectivity index (χ1) is 13.1. The van der Waals surface area contributed by atoms with E-state index in [9.17, 15) is 26.4 Å². The lowest BCUT2D eigenvalue weighted by Crippen LogP contribution is -2.70. The van der Waals surface area contributed by atoms with Gasteiger partial charge in [-0.15, -0.1) is 0 Å². The summed E-state index contributed by atoms with van der Waals surface area (Å²) in [7, 11) is -3.21. The lowest BCUT2D eigenvalue weighted by molar-refractivity contribution is -0.137. The molecule has 1 N–H and O–H groups in total. The highest BCUT2D eigenvalue weighted by Gasteiger charge is 2.52. The SMILES string of the molecule is O=C(N1CCC(Cn2cc(C(F)(F)F)cn2)CC1)N1CC2(CCS(=O)(=O)N2)C1. The van der Waals surface area contributed by atoms with Crippen LogP contribution in [0.5, 0.6) is 0 Å². The topological polar surface area (TPSA) is 87.5 Å². The Bertz CT molecular complexity index is 855. The molecule has 0 unspecified atom stereocenters. The zero-order chi connectivity index (χ0) is 20.2. The molecule has 1 aromatic rings. The standard InChI is InChI=1S/C16H22F3N5O3S/c17-16(18,19)13-7-20-24(9-13)8-12-1-4-22(5-2-12)14(25)23-10-15(11-23)3-6-28(26,27)21-15/h7,9,12,21H,1-6,8,10-11H2. The molecule has 0 bridgehead atoms. The number of halogens is 3. The highest BCUT2D eigenvalue weighted by atomic mass is 32.2. The molecule has 4 heterocycles. The number of sulfonamides is 1.